The number of benzene rings is 3. The van der Waals surface area contributed by atoms with E-state index in [0.29, 0.717) is 28.2 Å². The first-order valence-electron chi connectivity index (χ1n) is 9.91. The Morgan fingerprint density at radius 2 is 1.09 bits per heavy atom. The van der Waals surface area contributed by atoms with Crippen molar-refractivity contribution in [3.8, 4) is 29.0 Å². The molecule has 0 amide bonds. The lowest BCUT2D eigenvalue weighted by Crippen LogP contribution is -2.16. The standard InChI is InChI=1S/C26H21NO4Si/c1-32(2,3)17-16-19-4-8-21(9-5-19)25(28)31-24-14-10-22(11-15-24)26(29)30-23-12-6-20(18-27)7-13-23/h4-15H,1-3H3. The van der Waals surface area contributed by atoms with Crippen molar-refractivity contribution in [2.75, 3.05) is 0 Å². The molecule has 0 aromatic heterocycles. The zero-order chi connectivity index (χ0) is 23.1. The first kappa shape index (κ1) is 22.5. The minimum atomic E-state index is -1.46. The number of carbonyl (C=O) groups is 2. The average Bonchev–Trinajstić information content (AvgIpc) is 2.78. The Hall–Kier alpha value is -4.13. The van der Waals surface area contributed by atoms with E-state index in [1.165, 1.54) is 24.3 Å². The van der Waals surface area contributed by atoms with Crippen LogP contribution in [0.5, 0.6) is 11.5 Å². The number of nitriles is 1. The zero-order valence-electron chi connectivity index (χ0n) is 18.0. The lowest BCUT2D eigenvalue weighted by atomic mass is 10.1. The number of rotatable bonds is 4. The lowest BCUT2D eigenvalue weighted by molar-refractivity contribution is 0.0730. The molecule has 0 unspecified atom stereocenters. The molecule has 5 nitrogen and oxygen atoms in total. The van der Waals surface area contributed by atoms with Crippen LogP contribution < -0.4 is 9.47 Å². The van der Waals surface area contributed by atoms with Crippen LogP contribution >= 0.6 is 0 Å². The highest BCUT2D eigenvalue weighted by Crippen LogP contribution is 2.18. The largest absolute Gasteiger partial charge is 0.423 e. The molecule has 3 rings (SSSR count). The van der Waals surface area contributed by atoms with Crippen LogP contribution in [-0.4, -0.2) is 20.0 Å². The second kappa shape index (κ2) is 9.78. The summed E-state index contributed by atoms with van der Waals surface area (Å²) in [4.78, 5) is 24.7. The van der Waals surface area contributed by atoms with Gasteiger partial charge < -0.3 is 9.47 Å². The van der Waals surface area contributed by atoms with Crippen LogP contribution in [0.25, 0.3) is 0 Å². The van der Waals surface area contributed by atoms with E-state index in [-0.39, 0.29) is 0 Å². The molecule has 0 heterocycles. The molecule has 3 aromatic rings. The third-order valence-electron chi connectivity index (χ3n) is 4.20. The molecule has 0 aliphatic carbocycles. The number of ether oxygens (including phenoxy) is 2. The van der Waals surface area contributed by atoms with E-state index in [1.54, 1.807) is 48.5 Å². The summed E-state index contributed by atoms with van der Waals surface area (Å²) in [7, 11) is -1.46. The Kier molecular flexibility index (Phi) is 6.89. The van der Waals surface area contributed by atoms with Gasteiger partial charge in [-0.3, -0.25) is 0 Å². The maximum Gasteiger partial charge on any atom is 0.343 e. The summed E-state index contributed by atoms with van der Waals surface area (Å²) in [5.41, 5.74) is 5.33. The van der Waals surface area contributed by atoms with E-state index < -0.39 is 20.0 Å². The van der Waals surface area contributed by atoms with Crippen LogP contribution in [-0.2, 0) is 0 Å². The maximum atomic E-state index is 12.4. The zero-order valence-corrected chi connectivity index (χ0v) is 19.0. The lowest BCUT2D eigenvalue weighted by Gasteiger charge is -2.07. The SMILES string of the molecule is C[Si](C)(C)C#Cc1ccc(C(=O)Oc2ccc(C(=O)Oc3ccc(C#N)cc3)cc2)cc1. The Labute approximate surface area is 188 Å². The van der Waals surface area contributed by atoms with Gasteiger partial charge in [0, 0.05) is 5.56 Å². The molecule has 0 bridgehead atoms. The summed E-state index contributed by atoms with van der Waals surface area (Å²) >= 11 is 0. The van der Waals surface area contributed by atoms with Crippen molar-refractivity contribution in [2.45, 2.75) is 19.6 Å². The topological polar surface area (TPSA) is 76.4 Å². The minimum absolute atomic E-state index is 0.305. The highest BCUT2D eigenvalue weighted by molar-refractivity contribution is 6.83. The Bertz CT molecular complexity index is 1220. The Morgan fingerprint density at radius 1 is 0.688 bits per heavy atom. The molecule has 3 aromatic carbocycles. The van der Waals surface area contributed by atoms with Gasteiger partial charge in [-0.1, -0.05) is 25.6 Å². The summed E-state index contributed by atoms with van der Waals surface area (Å²) in [6, 6.07) is 21.3. The van der Waals surface area contributed by atoms with Gasteiger partial charge in [-0.25, -0.2) is 9.59 Å². The van der Waals surface area contributed by atoms with Crippen molar-refractivity contribution < 1.29 is 19.1 Å². The fraction of sp³-hybridized carbons (Fsp3) is 0.115. The summed E-state index contributed by atoms with van der Waals surface area (Å²) in [6.45, 7) is 6.51. The molecule has 0 saturated heterocycles. The smallest absolute Gasteiger partial charge is 0.343 e. The Balaban J connectivity index is 1.61. The third kappa shape index (κ3) is 6.43. The molecular weight excluding hydrogens is 418 g/mol. The molecule has 0 fully saturated rings. The second-order valence-electron chi connectivity index (χ2n) is 8.02. The first-order valence-corrected chi connectivity index (χ1v) is 13.4. The van der Waals surface area contributed by atoms with Crippen LogP contribution in [0.1, 0.15) is 31.8 Å². The molecular formula is C26H21NO4Si. The monoisotopic (exact) mass is 439 g/mol. The molecule has 0 aliphatic heterocycles. The molecule has 0 spiro atoms. The van der Waals surface area contributed by atoms with Crippen molar-refractivity contribution in [2.24, 2.45) is 0 Å². The van der Waals surface area contributed by atoms with Crippen molar-refractivity contribution in [3.05, 3.63) is 95.1 Å². The van der Waals surface area contributed by atoms with E-state index in [9.17, 15) is 9.59 Å². The van der Waals surface area contributed by atoms with E-state index in [0.717, 1.165) is 5.56 Å². The van der Waals surface area contributed by atoms with Crippen LogP contribution in [0.3, 0.4) is 0 Å². The van der Waals surface area contributed by atoms with E-state index in [1.807, 2.05) is 6.07 Å². The van der Waals surface area contributed by atoms with E-state index in [2.05, 4.69) is 31.1 Å². The first-order chi connectivity index (χ1) is 15.2. The number of hydrogen-bond donors (Lipinski definition) is 0. The molecule has 6 heteroatoms. The third-order valence-corrected chi connectivity index (χ3v) is 5.07. The van der Waals surface area contributed by atoms with Crippen molar-refractivity contribution in [1.29, 1.82) is 5.26 Å². The summed E-state index contributed by atoms with van der Waals surface area (Å²) in [5.74, 6) is 2.74. The minimum Gasteiger partial charge on any atom is -0.423 e. The summed E-state index contributed by atoms with van der Waals surface area (Å²) in [6.07, 6.45) is 0. The predicted molar refractivity (Wildman–Crippen MR) is 124 cm³/mol. The maximum absolute atomic E-state index is 12.4. The molecule has 158 valence electrons. The van der Waals surface area contributed by atoms with Crippen molar-refractivity contribution in [1.82, 2.24) is 0 Å². The van der Waals surface area contributed by atoms with Gasteiger partial charge in [0.2, 0.25) is 0 Å². The predicted octanol–water partition coefficient (Wildman–Crippen LogP) is 5.23. The van der Waals surface area contributed by atoms with Crippen LogP contribution in [0.4, 0.5) is 0 Å². The van der Waals surface area contributed by atoms with Gasteiger partial charge in [0.1, 0.15) is 19.6 Å². The van der Waals surface area contributed by atoms with E-state index >= 15 is 0 Å². The highest BCUT2D eigenvalue weighted by atomic mass is 28.3. The quantitative estimate of drug-likeness (QED) is 0.241. The molecule has 32 heavy (non-hydrogen) atoms. The van der Waals surface area contributed by atoms with Gasteiger partial charge in [0.15, 0.2) is 0 Å². The van der Waals surface area contributed by atoms with Gasteiger partial charge in [-0.05, 0) is 72.8 Å². The van der Waals surface area contributed by atoms with Crippen molar-refractivity contribution in [3.63, 3.8) is 0 Å². The van der Waals surface area contributed by atoms with Gasteiger partial charge in [-0.2, -0.15) is 5.26 Å². The summed E-state index contributed by atoms with van der Waals surface area (Å²) in [5, 5.41) is 8.81. The van der Waals surface area contributed by atoms with Crippen molar-refractivity contribution >= 4 is 20.0 Å². The van der Waals surface area contributed by atoms with Crippen LogP contribution in [0.15, 0.2) is 72.8 Å². The van der Waals surface area contributed by atoms with E-state index in [4.69, 9.17) is 14.7 Å². The molecule has 0 aliphatic rings. The number of carbonyl (C=O) groups excluding carboxylic acids is 2. The number of esters is 2. The van der Waals surface area contributed by atoms with Crippen LogP contribution in [0, 0.1) is 22.8 Å². The molecule has 0 N–H and O–H groups in total. The second-order valence-corrected chi connectivity index (χ2v) is 12.8. The van der Waals surface area contributed by atoms with Gasteiger partial charge in [-0.15, -0.1) is 5.54 Å². The highest BCUT2D eigenvalue weighted by Gasteiger charge is 2.12. The van der Waals surface area contributed by atoms with Gasteiger partial charge in [0.25, 0.3) is 0 Å². The summed E-state index contributed by atoms with van der Waals surface area (Å²) < 4.78 is 10.7. The average molecular weight is 440 g/mol. The fourth-order valence-electron chi connectivity index (χ4n) is 2.54. The number of nitrogens with zero attached hydrogens (tertiary/aromatic N) is 1. The normalized spacial score (nSPS) is 10.3. The molecule has 0 atom stereocenters. The van der Waals surface area contributed by atoms with Gasteiger partial charge >= 0.3 is 11.9 Å². The fourth-order valence-corrected chi connectivity index (χ4v) is 3.06. The Morgan fingerprint density at radius 3 is 1.53 bits per heavy atom. The van der Waals surface area contributed by atoms with Gasteiger partial charge in [0.05, 0.1) is 22.8 Å². The molecule has 0 saturated carbocycles. The molecule has 0 radical (unpaired) electrons. The number of hydrogen-bond acceptors (Lipinski definition) is 5. The van der Waals surface area contributed by atoms with Crippen LogP contribution in [0.2, 0.25) is 19.6 Å².